The summed E-state index contributed by atoms with van der Waals surface area (Å²) >= 11 is 0. The summed E-state index contributed by atoms with van der Waals surface area (Å²) in [6, 6.07) is 15.5. The number of para-hydroxylation sites is 1. The third kappa shape index (κ3) is 3.74. The Kier molecular flexibility index (Phi) is 5.51. The van der Waals surface area contributed by atoms with Crippen molar-refractivity contribution in [2.24, 2.45) is 0 Å². The molecule has 0 unspecified atom stereocenters. The van der Waals surface area contributed by atoms with Crippen molar-refractivity contribution in [1.82, 2.24) is 14.5 Å². The first kappa shape index (κ1) is 20.9. The molecular formula is C24H19N3O5. The van der Waals surface area contributed by atoms with Crippen molar-refractivity contribution >= 4 is 23.0 Å². The van der Waals surface area contributed by atoms with Crippen LogP contribution in [-0.2, 0) is 11.2 Å². The number of hydrogen-bond acceptors (Lipinski definition) is 6. The predicted molar refractivity (Wildman–Crippen MR) is 117 cm³/mol. The summed E-state index contributed by atoms with van der Waals surface area (Å²) in [6.45, 7) is 1.81. The number of methoxy groups -OCH3 is 1. The van der Waals surface area contributed by atoms with E-state index in [1.54, 1.807) is 29.7 Å². The number of carboxylic acids is 1. The molecule has 0 aliphatic rings. The maximum Gasteiger partial charge on any atom is 0.355 e. The van der Waals surface area contributed by atoms with E-state index in [1.807, 2.05) is 30.3 Å². The molecule has 1 N–H and O–H groups in total. The summed E-state index contributed by atoms with van der Waals surface area (Å²) in [5.41, 5.74) is 2.10. The molecule has 0 saturated carbocycles. The number of ether oxygens (including phenoxy) is 1. The molecule has 1 aromatic carbocycles. The second-order valence-corrected chi connectivity index (χ2v) is 7.18. The van der Waals surface area contributed by atoms with Crippen molar-refractivity contribution in [1.29, 1.82) is 0 Å². The van der Waals surface area contributed by atoms with Gasteiger partial charge in [-0.05, 0) is 42.8 Å². The minimum Gasteiger partial charge on any atom is -0.477 e. The van der Waals surface area contributed by atoms with Crippen molar-refractivity contribution in [3.63, 3.8) is 0 Å². The van der Waals surface area contributed by atoms with Crippen LogP contribution in [0.15, 0.2) is 65.6 Å². The summed E-state index contributed by atoms with van der Waals surface area (Å²) in [7, 11) is 1.25. The normalized spacial score (nSPS) is 10.8. The predicted octanol–water partition coefficient (Wildman–Crippen LogP) is 3.16. The molecule has 3 aromatic heterocycles. The molecular weight excluding hydrogens is 410 g/mol. The van der Waals surface area contributed by atoms with Crippen molar-refractivity contribution in [2.75, 3.05) is 7.11 Å². The zero-order valence-corrected chi connectivity index (χ0v) is 17.4. The lowest BCUT2D eigenvalue weighted by atomic mass is 10.0. The average Bonchev–Trinajstić information content (AvgIpc) is 2.80. The Hall–Kier alpha value is -4.33. The van der Waals surface area contributed by atoms with E-state index in [9.17, 15) is 14.4 Å². The number of aromatic carboxylic acids is 1. The molecule has 0 atom stereocenters. The molecule has 0 spiro atoms. The Balaban J connectivity index is 2.05. The molecule has 0 fully saturated rings. The molecule has 8 heteroatoms. The van der Waals surface area contributed by atoms with E-state index < -0.39 is 11.9 Å². The highest BCUT2D eigenvalue weighted by Gasteiger charge is 2.25. The summed E-state index contributed by atoms with van der Waals surface area (Å²) in [5, 5.41) is 9.44. The van der Waals surface area contributed by atoms with Gasteiger partial charge in [-0.2, -0.15) is 0 Å². The van der Waals surface area contributed by atoms with E-state index in [-0.39, 0.29) is 28.8 Å². The Labute approximate surface area is 182 Å². The number of carbonyl (C=O) groups is 2. The fraction of sp³-hybridized carbons (Fsp3) is 0.125. The first-order valence-electron chi connectivity index (χ1n) is 9.78. The monoisotopic (exact) mass is 429 g/mol. The topological polar surface area (TPSA) is 111 Å². The minimum absolute atomic E-state index is 0.0623. The van der Waals surface area contributed by atoms with E-state index >= 15 is 0 Å². The van der Waals surface area contributed by atoms with Gasteiger partial charge in [0.1, 0.15) is 17.0 Å². The Morgan fingerprint density at radius 3 is 2.44 bits per heavy atom. The highest BCUT2D eigenvalue weighted by Crippen LogP contribution is 2.23. The molecule has 0 aliphatic heterocycles. The van der Waals surface area contributed by atoms with Crippen molar-refractivity contribution < 1.29 is 19.4 Å². The van der Waals surface area contributed by atoms with Crippen LogP contribution in [0.2, 0.25) is 0 Å². The maximum absolute atomic E-state index is 13.5. The van der Waals surface area contributed by atoms with Gasteiger partial charge in [-0.15, -0.1) is 0 Å². The number of carboxylic acid groups (broad SMARTS) is 1. The summed E-state index contributed by atoms with van der Waals surface area (Å²) in [5.74, 6) is -1.83. The molecule has 0 amide bonds. The Bertz CT molecular complexity index is 1390. The number of aromatic nitrogens is 3. The van der Waals surface area contributed by atoms with Gasteiger partial charge in [0.15, 0.2) is 5.43 Å². The number of esters is 1. The van der Waals surface area contributed by atoms with E-state index in [1.165, 1.54) is 19.4 Å². The lowest BCUT2D eigenvalue weighted by molar-refractivity contribution is 0.0589. The fourth-order valence-corrected chi connectivity index (χ4v) is 3.56. The number of hydrogen-bond donors (Lipinski definition) is 1. The average molecular weight is 429 g/mol. The summed E-state index contributed by atoms with van der Waals surface area (Å²) < 4.78 is 6.67. The van der Waals surface area contributed by atoms with Gasteiger partial charge in [-0.25, -0.2) is 19.6 Å². The van der Waals surface area contributed by atoms with Crippen LogP contribution in [0.1, 0.15) is 37.8 Å². The van der Waals surface area contributed by atoms with Crippen LogP contribution in [0.25, 0.3) is 16.7 Å². The van der Waals surface area contributed by atoms with Crippen LogP contribution in [0.4, 0.5) is 0 Å². The Morgan fingerprint density at radius 1 is 1.06 bits per heavy atom. The smallest absolute Gasteiger partial charge is 0.355 e. The largest absolute Gasteiger partial charge is 0.477 e. The quantitative estimate of drug-likeness (QED) is 0.485. The van der Waals surface area contributed by atoms with Crippen LogP contribution < -0.4 is 5.43 Å². The fourth-order valence-electron chi connectivity index (χ4n) is 3.56. The van der Waals surface area contributed by atoms with Crippen LogP contribution >= 0.6 is 0 Å². The summed E-state index contributed by atoms with van der Waals surface area (Å²) in [6.07, 6.45) is 1.45. The zero-order chi connectivity index (χ0) is 22.8. The van der Waals surface area contributed by atoms with Crippen molar-refractivity contribution in [2.45, 2.75) is 13.3 Å². The minimum atomic E-state index is -1.15. The molecule has 8 nitrogen and oxygen atoms in total. The number of carbonyl (C=O) groups excluding carboxylic acids is 1. The number of rotatable bonds is 5. The van der Waals surface area contributed by atoms with Gasteiger partial charge in [0, 0.05) is 29.6 Å². The van der Waals surface area contributed by atoms with Gasteiger partial charge in [-0.1, -0.05) is 24.3 Å². The van der Waals surface area contributed by atoms with E-state index in [2.05, 4.69) is 9.97 Å². The Morgan fingerprint density at radius 2 is 1.81 bits per heavy atom. The van der Waals surface area contributed by atoms with Crippen LogP contribution in [0.5, 0.6) is 0 Å². The molecule has 160 valence electrons. The molecule has 0 radical (unpaired) electrons. The van der Waals surface area contributed by atoms with E-state index in [0.717, 1.165) is 0 Å². The highest BCUT2D eigenvalue weighted by atomic mass is 16.5. The lowest BCUT2D eigenvalue weighted by Gasteiger charge is -2.19. The van der Waals surface area contributed by atoms with Gasteiger partial charge in [0.2, 0.25) is 0 Å². The molecule has 3 heterocycles. The lowest BCUT2D eigenvalue weighted by Crippen LogP contribution is -2.25. The van der Waals surface area contributed by atoms with Crippen LogP contribution in [0, 0.1) is 6.92 Å². The SMILES string of the molecule is COC(=O)c1c(Cc2ccc(C(=O)O)nc2)c(=O)c2ccc(C)nc2n1-c1ccccc1. The third-order valence-electron chi connectivity index (χ3n) is 5.07. The second-order valence-electron chi connectivity index (χ2n) is 7.18. The first-order chi connectivity index (χ1) is 15.4. The third-order valence-corrected chi connectivity index (χ3v) is 5.07. The number of benzene rings is 1. The van der Waals surface area contributed by atoms with Gasteiger partial charge < -0.3 is 9.84 Å². The second kappa shape index (κ2) is 8.43. The van der Waals surface area contributed by atoms with Crippen molar-refractivity contribution in [3.8, 4) is 5.69 Å². The molecule has 4 aromatic rings. The number of fused-ring (bicyclic) bond motifs is 1. The molecule has 0 saturated heterocycles. The zero-order valence-electron chi connectivity index (χ0n) is 17.4. The molecule has 32 heavy (non-hydrogen) atoms. The van der Waals surface area contributed by atoms with Gasteiger partial charge in [0.25, 0.3) is 0 Å². The van der Waals surface area contributed by atoms with Crippen LogP contribution in [-0.4, -0.2) is 38.7 Å². The standard InChI is InChI=1S/C24H19N3O5/c1-14-8-10-17-21(28)18(12-15-9-11-19(23(29)30)25-13-15)20(24(31)32-2)27(22(17)26-14)16-6-4-3-5-7-16/h3-11,13H,12H2,1-2H3,(H,29,30). The highest BCUT2D eigenvalue weighted by molar-refractivity contribution is 5.94. The maximum atomic E-state index is 13.5. The molecule has 4 rings (SSSR count). The summed E-state index contributed by atoms with van der Waals surface area (Å²) in [4.78, 5) is 46.0. The van der Waals surface area contributed by atoms with Crippen molar-refractivity contribution in [3.05, 3.63) is 99.2 Å². The number of nitrogens with zero attached hydrogens (tertiary/aromatic N) is 3. The first-order valence-corrected chi connectivity index (χ1v) is 9.78. The molecule has 0 aliphatic carbocycles. The number of pyridine rings is 3. The molecule has 0 bridgehead atoms. The number of aryl methyl sites for hydroxylation is 1. The van der Waals surface area contributed by atoms with Gasteiger partial charge in [-0.3, -0.25) is 9.36 Å². The van der Waals surface area contributed by atoms with Crippen LogP contribution in [0.3, 0.4) is 0 Å². The van der Waals surface area contributed by atoms with Gasteiger partial charge >= 0.3 is 11.9 Å². The van der Waals surface area contributed by atoms with Gasteiger partial charge in [0.05, 0.1) is 12.5 Å². The van der Waals surface area contributed by atoms with E-state index in [4.69, 9.17) is 9.84 Å². The van der Waals surface area contributed by atoms with E-state index in [0.29, 0.717) is 28.0 Å².